The molecule has 1 aromatic heterocycles. The number of aryl methyl sites for hydroxylation is 1. The second kappa shape index (κ2) is 7.51. The van der Waals surface area contributed by atoms with Gasteiger partial charge in [0.05, 0.1) is 12.2 Å². The lowest BCUT2D eigenvalue weighted by Gasteiger charge is -2.30. The highest BCUT2D eigenvalue weighted by atomic mass is 35.5. The molecule has 0 aliphatic rings. The number of carbonyl (C=O) groups excluding carboxylic acids is 1. The zero-order chi connectivity index (χ0) is 17.0. The average Bonchev–Trinajstić information content (AvgIpc) is 2.96. The summed E-state index contributed by atoms with van der Waals surface area (Å²) in [5.74, 6) is 0.832. The van der Waals surface area contributed by atoms with Gasteiger partial charge in [-0.3, -0.25) is 0 Å². The van der Waals surface area contributed by atoms with Crippen LogP contribution in [0.15, 0.2) is 34.9 Å². The minimum Gasteiger partial charge on any atom is -0.359 e. The molecule has 0 spiro atoms. The summed E-state index contributed by atoms with van der Waals surface area (Å²) >= 11 is 5.92. The molecule has 0 bridgehead atoms. The number of nitrogens with zero attached hydrogens (tertiary/aromatic N) is 2. The van der Waals surface area contributed by atoms with E-state index in [0.29, 0.717) is 17.3 Å². The maximum atomic E-state index is 12.3. The third-order valence-corrected chi connectivity index (χ3v) is 4.39. The van der Waals surface area contributed by atoms with E-state index in [0.717, 1.165) is 11.3 Å². The van der Waals surface area contributed by atoms with Crippen LogP contribution < -0.4 is 5.32 Å². The molecule has 1 heterocycles. The summed E-state index contributed by atoms with van der Waals surface area (Å²) in [6, 6.07) is 9.41. The number of halogens is 1. The van der Waals surface area contributed by atoms with E-state index in [1.165, 1.54) is 0 Å². The van der Waals surface area contributed by atoms with Crippen molar-refractivity contribution in [2.45, 2.75) is 39.3 Å². The van der Waals surface area contributed by atoms with Crippen molar-refractivity contribution in [2.75, 3.05) is 7.05 Å². The van der Waals surface area contributed by atoms with E-state index in [2.05, 4.69) is 17.4 Å². The molecule has 2 rings (SSSR count). The summed E-state index contributed by atoms with van der Waals surface area (Å²) in [4.78, 5) is 14.0. The Labute approximate surface area is 141 Å². The summed E-state index contributed by atoms with van der Waals surface area (Å²) in [7, 11) is 1.79. The Morgan fingerprint density at radius 1 is 1.35 bits per heavy atom. The van der Waals surface area contributed by atoms with Crippen LogP contribution in [0.2, 0.25) is 5.02 Å². The van der Waals surface area contributed by atoms with Gasteiger partial charge >= 0.3 is 6.03 Å². The van der Waals surface area contributed by atoms with Crippen LogP contribution in [0.4, 0.5) is 4.79 Å². The van der Waals surface area contributed by atoms with Gasteiger partial charge in [0.25, 0.3) is 0 Å². The molecule has 5 nitrogen and oxygen atoms in total. The molecule has 1 aromatic carbocycles. The van der Waals surface area contributed by atoms with Crippen LogP contribution in [0.1, 0.15) is 36.8 Å². The van der Waals surface area contributed by atoms with Gasteiger partial charge in [-0.05, 0) is 31.5 Å². The van der Waals surface area contributed by atoms with E-state index in [4.69, 9.17) is 16.1 Å². The highest BCUT2D eigenvalue weighted by Crippen LogP contribution is 2.23. The Kier molecular flexibility index (Phi) is 5.66. The SMILES string of the molecule is Cc1cc(CNC(=O)N(C)[C@@H](C)[C@@H](C)c2ccc(Cl)cc2)on1. The van der Waals surface area contributed by atoms with Crippen molar-refractivity contribution in [3.63, 3.8) is 0 Å². The van der Waals surface area contributed by atoms with Gasteiger partial charge < -0.3 is 14.7 Å². The molecule has 2 atom stereocenters. The number of nitrogens with one attached hydrogen (secondary N) is 1. The van der Waals surface area contributed by atoms with Crippen molar-refractivity contribution in [2.24, 2.45) is 0 Å². The summed E-state index contributed by atoms with van der Waals surface area (Å²) in [5, 5.41) is 7.35. The van der Waals surface area contributed by atoms with Gasteiger partial charge in [-0.15, -0.1) is 0 Å². The molecule has 0 saturated heterocycles. The molecule has 0 aliphatic carbocycles. The van der Waals surface area contributed by atoms with Crippen LogP contribution in [-0.4, -0.2) is 29.2 Å². The Morgan fingerprint density at radius 2 is 2.00 bits per heavy atom. The lowest BCUT2D eigenvalue weighted by Crippen LogP contribution is -2.44. The number of hydrogen-bond donors (Lipinski definition) is 1. The van der Waals surface area contributed by atoms with Crippen LogP contribution in [0.5, 0.6) is 0 Å². The van der Waals surface area contributed by atoms with Crippen LogP contribution >= 0.6 is 11.6 Å². The molecule has 0 aliphatic heterocycles. The maximum Gasteiger partial charge on any atom is 0.317 e. The third-order valence-electron chi connectivity index (χ3n) is 4.14. The van der Waals surface area contributed by atoms with Gasteiger partial charge in [-0.2, -0.15) is 0 Å². The predicted octanol–water partition coefficient (Wildman–Crippen LogP) is 3.97. The van der Waals surface area contributed by atoms with Gasteiger partial charge in [0.15, 0.2) is 5.76 Å². The van der Waals surface area contributed by atoms with E-state index in [-0.39, 0.29) is 18.0 Å². The molecule has 1 N–H and O–H groups in total. The maximum absolute atomic E-state index is 12.3. The predicted molar refractivity (Wildman–Crippen MR) is 90.6 cm³/mol. The van der Waals surface area contributed by atoms with Crippen LogP contribution in [-0.2, 0) is 6.54 Å². The van der Waals surface area contributed by atoms with Crippen molar-refractivity contribution < 1.29 is 9.32 Å². The molecule has 0 saturated carbocycles. The molecule has 2 aromatic rings. The topological polar surface area (TPSA) is 58.4 Å². The van der Waals surface area contributed by atoms with E-state index < -0.39 is 0 Å². The number of benzene rings is 1. The van der Waals surface area contributed by atoms with E-state index in [1.54, 1.807) is 18.0 Å². The van der Waals surface area contributed by atoms with Gasteiger partial charge in [-0.1, -0.05) is 35.8 Å². The molecule has 6 heteroatoms. The van der Waals surface area contributed by atoms with Crippen molar-refractivity contribution in [3.05, 3.63) is 52.4 Å². The van der Waals surface area contributed by atoms with Crippen LogP contribution in [0.25, 0.3) is 0 Å². The minimum absolute atomic E-state index is 0.0348. The summed E-state index contributed by atoms with van der Waals surface area (Å²) < 4.78 is 5.09. The molecule has 0 unspecified atom stereocenters. The first-order chi connectivity index (χ1) is 10.9. The Balaban J connectivity index is 1.93. The van der Waals surface area contributed by atoms with E-state index >= 15 is 0 Å². The van der Waals surface area contributed by atoms with E-state index in [9.17, 15) is 4.79 Å². The first-order valence-corrected chi connectivity index (χ1v) is 7.94. The van der Waals surface area contributed by atoms with Crippen molar-refractivity contribution in [1.82, 2.24) is 15.4 Å². The summed E-state index contributed by atoms with van der Waals surface area (Å²) in [5.41, 5.74) is 1.94. The number of carbonyl (C=O) groups is 1. The van der Waals surface area contributed by atoms with Crippen molar-refractivity contribution >= 4 is 17.6 Å². The van der Waals surface area contributed by atoms with Crippen molar-refractivity contribution in [1.29, 1.82) is 0 Å². The van der Waals surface area contributed by atoms with Gasteiger partial charge in [0, 0.05) is 30.1 Å². The fourth-order valence-electron chi connectivity index (χ4n) is 2.35. The summed E-state index contributed by atoms with van der Waals surface area (Å²) in [6.07, 6.45) is 0. The lowest BCUT2D eigenvalue weighted by atomic mass is 9.94. The van der Waals surface area contributed by atoms with Gasteiger partial charge in [0.1, 0.15) is 0 Å². The van der Waals surface area contributed by atoms with Gasteiger partial charge in [0.2, 0.25) is 0 Å². The molecule has 0 radical (unpaired) electrons. The first-order valence-electron chi connectivity index (χ1n) is 7.56. The smallest absolute Gasteiger partial charge is 0.317 e. The fourth-order valence-corrected chi connectivity index (χ4v) is 2.48. The average molecular weight is 336 g/mol. The zero-order valence-electron chi connectivity index (χ0n) is 13.8. The third kappa shape index (κ3) is 4.48. The molecular formula is C17H22ClN3O2. The first kappa shape index (κ1) is 17.3. The second-order valence-corrected chi connectivity index (χ2v) is 6.22. The quantitative estimate of drug-likeness (QED) is 0.899. The highest BCUT2D eigenvalue weighted by molar-refractivity contribution is 6.30. The van der Waals surface area contributed by atoms with Crippen LogP contribution in [0.3, 0.4) is 0 Å². The Hall–Kier alpha value is -2.01. The number of rotatable bonds is 5. The lowest BCUT2D eigenvalue weighted by molar-refractivity contribution is 0.185. The number of likely N-dealkylation sites (N-methyl/N-ethyl adjacent to an activating group) is 1. The largest absolute Gasteiger partial charge is 0.359 e. The standard InChI is InChI=1S/C17H22ClN3O2/c1-11-9-16(23-20-11)10-19-17(22)21(4)13(3)12(2)14-5-7-15(18)8-6-14/h5-9,12-13H,10H2,1-4H3,(H,19,22)/t12-,13+/m1/s1. The fraction of sp³-hybridized carbons (Fsp3) is 0.412. The second-order valence-electron chi connectivity index (χ2n) is 5.79. The minimum atomic E-state index is -0.146. The molecular weight excluding hydrogens is 314 g/mol. The number of urea groups is 1. The Bertz CT molecular complexity index is 654. The number of amides is 2. The highest BCUT2D eigenvalue weighted by Gasteiger charge is 2.22. The number of aromatic nitrogens is 1. The molecule has 0 fully saturated rings. The summed E-state index contributed by atoms with van der Waals surface area (Å²) in [6.45, 7) is 6.29. The monoisotopic (exact) mass is 335 g/mol. The van der Waals surface area contributed by atoms with Gasteiger partial charge in [-0.25, -0.2) is 4.79 Å². The normalized spacial score (nSPS) is 13.4. The van der Waals surface area contributed by atoms with Crippen molar-refractivity contribution in [3.8, 4) is 0 Å². The molecule has 23 heavy (non-hydrogen) atoms. The number of hydrogen-bond acceptors (Lipinski definition) is 3. The van der Waals surface area contributed by atoms with E-state index in [1.807, 2.05) is 38.1 Å². The zero-order valence-corrected chi connectivity index (χ0v) is 14.6. The Morgan fingerprint density at radius 3 is 2.57 bits per heavy atom. The molecule has 2 amide bonds. The molecule has 124 valence electrons. The van der Waals surface area contributed by atoms with Crippen LogP contribution in [0, 0.1) is 6.92 Å².